The largest absolute Gasteiger partial charge is 0.344 e. The molecule has 0 bridgehead atoms. The molecule has 1 aliphatic carbocycles. The lowest BCUT2D eigenvalue weighted by molar-refractivity contribution is -0.124. The molecule has 0 N–H and O–H groups in total. The zero-order valence-corrected chi connectivity index (χ0v) is 17.2. The summed E-state index contributed by atoms with van der Waals surface area (Å²) < 4.78 is 2.29. The van der Waals surface area contributed by atoms with Crippen LogP contribution in [0.3, 0.4) is 0 Å². The monoisotopic (exact) mass is 373 g/mol. The van der Waals surface area contributed by atoms with Crippen LogP contribution in [0.25, 0.3) is 22.2 Å². The standard InChI is InChI=1S/C26H31NO/c1-3-4-12-26(28)20-15-13-19(14-16-20)21-9-7-10-22(17-21)25-18-23-8-5-6-11-24(23)27(25)2/h5-11,17-20H,3-4,12-16H2,1-2H3. The van der Waals surface area contributed by atoms with E-state index in [9.17, 15) is 4.79 Å². The fraction of sp³-hybridized carbons (Fsp3) is 0.423. The van der Waals surface area contributed by atoms with Crippen LogP contribution in [0.4, 0.5) is 0 Å². The number of nitrogens with zero attached hydrogens (tertiary/aromatic N) is 1. The summed E-state index contributed by atoms with van der Waals surface area (Å²) >= 11 is 0. The summed E-state index contributed by atoms with van der Waals surface area (Å²) in [5.74, 6) is 1.40. The minimum Gasteiger partial charge on any atom is -0.344 e. The van der Waals surface area contributed by atoms with Crippen molar-refractivity contribution in [1.29, 1.82) is 0 Å². The third-order valence-electron chi connectivity index (χ3n) is 6.56. The molecule has 28 heavy (non-hydrogen) atoms. The lowest BCUT2D eigenvalue weighted by Crippen LogP contribution is -2.21. The van der Waals surface area contributed by atoms with Gasteiger partial charge in [0.05, 0.1) is 0 Å². The smallest absolute Gasteiger partial charge is 0.135 e. The molecule has 1 heterocycles. The van der Waals surface area contributed by atoms with E-state index in [1.165, 1.54) is 27.7 Å². The quantitative estimate of drug-likeness (QED) is 0.461. The fourth-order valence-corrected chi connectivity index (χ4v) is 4.82. The summed E-state index contributed by atoms with van der Waals surface area (Å²) in [7, 11) is 2.15. The third-order valence-corrected chi connectivity index (χ3v) is 6.56. The average molecular weight is 374 g/mol. The van der Waals surface area contributed by atoms with E-state index < -0.39 is 0 Å². The lowest BCUT2D eigenvalue weighted by atomic mass is 9.76. The minimum absolute atomic E-state index is 0.309. The molecule has 2 nitrogen and oxygen atoms in total. The number of hydrogen-bond donors (Lipinski definition) is 0. The van der Waals surface area contributed by atoms with Gasteiger partial charge in [-0.1, -0.05) is 49.7 Å². The first kappa shape index (κ1) is 19.0. The maximum Gasteiger partial charge on any atom is 0.135 e. The van der Waals surface area contributed by atoms with Crippen molar-refractivity contribution in [1.82, 2.24) is 4.57 Å². The van der Waals surface area contributed by atoms with Crippen molar-refractivity contribution in [2.75, 3.05) is 0 Å². The number of Topliss-reactive ketones (excluding diaryl/α,β-unsaturated/α-hetero) is 1. The van der Waals surface area contributed by atoms with Gasteiger partial charge in [0.2, 0.25) is 0 Å². The normalized spacial score (nSPS) is 19.8. The predicted molar refractivity (Wildman–Crippen MR) is 118 cm³/mol. The molecule has 2 heteroatoms. The van der Waals surface area contributed by atoms with E-state index in [-0.39, 0.29) is 0 Å². The van der Waals surface area contributed by atoms with Crippen molar-refractivity contribution in [2.24, 2.45) is 13.0 Å². The maximum atomic E-state index is 12.4. The zero-order chi connectivity index (χ0) is 19.5. The van der Waals surface area contributed by atoms with Crippen LogP contribution in [0.15, 0.2) is 54.6 Å². The summed E-state index contributed by atoms with van der Waals surface area (Å²) in [6.45, 7) is 2.16. The Labute approximate surface area is 168 Å². The lowest BCUT2D eigenvalue weighted by Gasteiger charge is -2.28. The second-order valence-corrected chi connectivity index (χ2v) is 8.39. The predicted octanol–water partition coefficient (Wildman–Crippen LogP) is 6.88. The topological polar surface area (TPSA) is 22.0 Å². The molecule has 0 atom stereocenters. The molecule has 0 spiro atoms. The van der Waals surface area contributed by atoms with Crippen LogP contribution >= 0.6 is 0 Å². The Bertz CT molecular complexity index is 959. The number of carbonyl (C=O) groups excluding carboxylic acids is 1. The van der Waals surface area contributed by atoms with Crippen LogP contribution in [0.2, 0.25) is 0 Å². The van der Waals surface area contributed by atoms with E-state index in [0.717, 1.165) is 44.9 Å². The van der Waals surface area contributed by atoms with Crippen LogP contribution in [0, 0.1) is 5.92 Å². The number of aromatic nitrogens is 1. The van der Waals surface area contributed by atoms with E-state index >= 15 is 0 Å². The van der Waals surface area contributed by atoms with Crippen LogP contribution in [-0.2, 0) is 11.8 Å². The van der Waals surface area contributed by atoms with Crippen LogP contribution in [0.5, 0.6) is 0 Å². The number of rotatable bonds is 6. The van der Waals surface area contributed by atoms with E-state index in [2.05, 4.69) is 73.1 Å². The average Bonchev–Trinajstić information content (AvgIpc) is 3.09. The summed E-state index contributed by atoms with van der Waals surface area (Å²) in [4.78, 5) is 12.4. The number of fused-ring (bicyclic) bond motifs is 1. The molecule has 1 aliphatic rings. The van der Waals surface area contributed by atoms with Crippen LogP contribution in [0.1, 0.15) is 63.4 Å². The highest BCUT2D eigenvalue weighted by Gasteiger charge is 2.26. The molecule has 1 saturated carbocycles. The van der Waals surface area contributed by atoms with Gasteiger partial charge in [0.1, 0.15) is 5.78 Å². The first-order valence-electron chi connectivity index (χ1n) is 10.8. The number of carbonyl (C=O) groups is 1. The van der Waals surface area contributed by atoms with Crippen molar-refractivity contribution < 1.29 is 4.79 Å². The molecule has 1 aromatic heterocycles. The SMILES string of the molecule is CCCCC(=O)C1CCC(c2cccc(-c3cc4ccccc4n3C)c2)CC1. The molecule has 4 rings (SSSR count). The highest BCUT2D eigenvalue weighted by atomic mass is 16.1. The van der Waals surface area contributed by atoms with Gasteiger partial charge in [-0.25, -0.2) is 0 Å². The summed E-state index contributed by atoms with van der Waals surface area (Å²) in [6.07, 6.45) is 7.34. The maximum absolute atomic E-state index is 12.4. The van der Waals surface area contributed by atoms with Crippen LogP contribution in [-0.4, -0.2) is 10.4 Å². The van der Waals surface area contributed by atoms with Gasteiger partial charge >= 0.3 is 0 Å². The molecule has 0 amide bonds. The number of ketones is 1. The van der Waals surface area contributed by atoms with E-state index in [1.54, 1.807) is 0 Å². The molecule has 146 valence electrons. The van der Waals surface area contributed by atoms with E-state index in [1.807, 2.05) is 0 Å². The van der Waals surface area contributed by atoms with Gasteiger partial charge in [-0.15, -0.1) is 0 Å². The number of para-hydroxylation sites is 1. The van der Waals surface area contributed by atoms with E-state index in [0.29, 0.717) is 17.6 Å². The molecule has 0 saturated heterocycles. The highest BCUT2D eigenvalue weighted by molar-refractivity contribution is 5.87. The highest BCUT2D eigenvalue weighted by Crippen LogP contribution is 2.38. The minimum atomic E-state index is 0.309. The molecule has 3 aromatic rings. The Morgan fingerprint density at radius 1 is 1.00 bits per heavy atom. The molecule has 0 radical (unpaired) electrons. The molecule has 0 aliphatic heterocycles. The molecular weight excluding hydrogens is 342 g/mol. The fourth-order valence-electron chi connectivity index (χ4n) is 4.82. The van der Waals surface area contributed by atoms with Crippen molar-refractivity contribution in [3.8, 4) is 11.3 Å². The van der Waals surface area contributed by atoms with Gasteiger partial charge < -0.3 is 4.57 Å². The number of unbranched alkanes of at least 4 members (excludes halogenated alkanes) is 1. The van der Waals surface area contributed by atoms with Crippen molar-refractivity contribution in [3.63, 3.8) is 0 Å². The number of hydrogen-bond acceptors (Lipinski definition) is 1. The Morgan fingerprint density at radius 2 is 1.79 bits per heavy atom. The second-order valence-electron chi connectivity index (χ2n) is 8.39. The second kappa shape index (κ2) is 8.34. The first-order chi connectivity index (χ1) is 13.7. The van der Waals surface area contributed by atoms with Gasteiger partial charge in [0, 0.05) is 36.0 Å². The van der Waals surface area contributed by atoms with Gasteiger partial charge in [-0.3, -0.25) is 4.79 Å². The molecule has 0 unspecified atom stereocenters. The summed E-state index contributed by atoms with van der Waals surface area (Å²) in [5.41, 5.74) is 5.26. The molecule has 1 fully saturated rings. The molecular formula is C26H31NO. The van der Waals surface area contributed by atoms with Crippen molar-refractivity contribution in [3.05, 3.63) is 60.2 Å². The van der Waals surface area contributed by atoms with E-state index in [4.69, 9.17) is 0 Å². The Kier molecular flexibility index (Phi) is 5.66. The van der Waals surface area contributed by atoms with Gasteiger partial charge in [-0.2, -0.15) is 0 Å². The Morgan fingerprint density at radius 3 is 2.54 bits per heavy atom. The van der Waals surface area contributed by atoms with Crippen LogP contribution < -0.4 is 0 Å². The number of benzene rings is 2. The third kappa shape index (κ3) is 3.78. The Balaban J connectivity index is 1.50. The van der Waals surface area contributed by atoms with Crippen molar-refractivity contribution >= 4 is 16.7 Å². The summed E-state index contributed by atoms with van der Waals surface area (Å²) in [5, 5.41) is 1.29. The number of aryl methyl sites for hydroxylation is 1. The van der Waals surface area contributed by atoms with Crippen molar-refractivity contribution in [2.45, 2.75) is 57.8 Å². The molecule has 2 aromatic carbocycles. The first-order valence-corrected chi connectivity index (χ1v) is 10.8. The van der Waals surface area contributed by atoms with Gasteiger partial charge in [0.25, 0.3) is 0 Å². The van der Waals surface area contributed by atoms with Gasteiger partial charge in [-0.05, 0) is 67.3 Å². The zero-order valence-electron chi connectivity index (χ0n) is 17.2. The van der Waals surface area contributed by atoms with Gasteiger partial charge in [0.15, 0.2) is 0 Å². The Hall–Kier alpha value is -2.35. The summed E-state index contributed by atoms with van der Waals surface area (Å²) in [6, 6.07) is 19.9.